The second-order valence-corrected chi connectivity index (χ2v) is 9.44. The summed E-state index contributed by atoms with van der Waals surface area (Å²) in [5.41, 5.74) is 2.10. The minimum Gasteiger partial charge on any atom is -0.355 e. The molecule has 1 heterocycles. The number of rotatable bonds is 8. The molecule has 0 fully saturated rings. The van der Waals surface area contributed by atoms with E-state index in [1.165, 1.54) is 30.2 Å². The van der Waals surface area contributed by atoms with Crippen molar-refractivity contribution in [2.75, 3.05) is 6.54 Å². The van der Waals surface area contributed by atoms with Crippen LogP contribution in [0.15, 0.2) is 45.9 Å². The molecule has 1 aliphatic carbocycles. The third kappa shape index (κ3) is 5.72. The Kier molecular flexibility index (Phi) is 7.53. The molecule has 0 radical (unpaired) electrons. The number of amides is 1. The van der Waals surface area contributed by atoms with E-state index in [2.05, 4.69) is 25.2 Å². The second-order valence-electron chi connectivity index (χ2n) is 8.13. The molecule has 0 bridgehead atoms. The number of benzene rings is 1. The average Bonchev–Trinajstić information content (AvgIpc) is 2.71. The summed E-state index contributed by atoms with van der Waals surface area (Å²) in [6.45, 7) is 7.28. The predicted molar refractivity (Wildman–Crippen MR) is 120 cm³/mol. The molecule has 0 saturated heterocycles. The van der Waals surface area contributed by atoms with Crippen LogP contribution in [0.3, 0.4) is 0 Å². The summed E-state index contributed by atoms with van der Waals surface area (Å²) in [7, 11) is 0. The highest BCUT2D eigenvalue weighted by Crippen LogP contribution is 2.24. The zero-order chi connectivity index (χ0) is 20.8. The normalized spacial score (nSPS) is 15.4. The molecule has 0 aliphatic heterocycles. The van der Waals surface area contributed by atoms with Gasteiger partial charge in [-0.2, -0.15) is 0 Å². The molecule has 1 N–H and O–H groups in total. The quantitative estimate of drug-likeness (QED) is 0.392. The van der Waals surface area contributed by atoms with Crippen molar-refractivity contribution in [1.82, 2.24) is 14.9 Å². The van der Waals surface area contributed by atoms with Gasteiger partial charge in [0.2, 0.25) is 5.91 Å². The summed E-state index contributed by atoms with van der Waals surface area (Å²) < 4.78 is 1.72. The van der Waals surface area contributed by atoms with E-state index in [0.717, 1.165) is 19.3 Å². The minimum absolute atomic E-state index is 0.00934. The van der Waals surface area contributed by atoms with Crippen molar-refractivity contribution in [3.63, 3.8) is 0 Å². The van der Waals surface area contributed by atoms with Crippen molar-refractivity contribution in [2.45, 2.75) is 69.8 Å². The fourth-order valence-electron chi connectivity index (χ4n) is 3.60. The molecule has 156 valence electrons. The maximum atomic E-state index is 13.0. The first kappa shape index (κ1) is 21.6. The van der Waals surface area contributed by atoms with Gasteiger partial charge in [-0.25, -0.2) is 4.98 Å². The van der Waals surface area contributed by atoms with Crippen molar-refractivity contribution >= 4 is 28.6 Å². The number of carbonyl (C=O) groups is 1. The van der Waals surface area contributed by atoms with Crippen molar-refractivity contribution in [1.29, 1.82) is 0 Å². The first-order valence-electron chi connectivity index (χ1n) is 10.6. The first-order chi connectivity index (χ1) is 14.0. The van der Waals surface area contributed by atoms with E-state index in [9.17, 15) is 9.59 Å². The molecule has 3 rings (SSSR count). The van der Waals surface area contributed by atoms with Gasteiger partial charge in [-0.1, -0.05) is 49.4 Å². The number of nitrogens with one attached hydrogen (secondary N) is 1. The Morgan fingerprint density at radius 2 is 2.03 bits per heavy atom. The van der Waals surface area contributed by atoms with E-state index in [-0.39, 0.29) is 16.7 Å². The maximum absolute atomic E-state index is 13.0. The van der Waals surface area contributed by atoms with Gasteiger partial charge in [0.25, 0.3) is 5.56 Å². The van der Waals surface area contributed by atoms with Crippen LogP contribution < -0.4 is 10.9 Å². The van der Waals surface area contributed by atoms with Crippen molar-refractivity contribution in [3.05, 3.63) is 46.3 Å². The van der Waals surface area contributed by atoms with E-state index in [1.54, 1.807) is 4.57 Å². The standard InChI is InChI=1S/C23H31N3O2S/c1-16(2)15-26-22(28)19-11-7-8-12-20(19)25-23(26)29-17(3)21(27)24-14-13-18-9-5-4-6-10-18/h7-9,11-12,16-17H,4-6,10,13-15H2,1-3H3,(H,24,27)/t17-/m1/s1. The van der Waals surface area contributed by atoms with E-state index in [1.807, 2.05) is 31.2 Å². The molecule has 6 heteroatoms. The lowest BCUT2D eigenvalue weighted by Gasteiger charge is -2.18. The molecule has 1 aliphatic rings. The average molecular weight is 414 g/mol. The Labute approximate surface area is 177 Å². The number of fused-ring (bicyclic) bond motifs is 1. The highest BCUT2D eigenvalue weighted by atomic mass is 32.2. The number of allylic oxidation sites excluding steroid dienone is 1. The summed E-state index contributed by atoms with van der Waals surface area (Å²) in [5.74, 6) is 0.299. The van der Waals surface area contributed by atoms with Gasteiger partial charge in [-0.3, -0.25) is 14.2 Å². The number of aromatic nitrogens is 2. The zero-order valence-electron chi connectivity index (χ0n) is 17.6. The van der Waals surface area contributed by atoms with Gasteiger partial charge in [-0.15, -0.1) is 0 Å². The number of carbonyl (C=O) groups excluding carboxylic acids is 1. The van der Waals surface area contributed by atoms with Crippen LogP contribution in [0, 0.1) is 5.92 Å². The highest BCUT2D eigenvalue weighted by Gasteiger charge is 2.19. The number of hydrogen-bond donors (Lipinski definition) is 1. The van der Waals surface area contributed by atoms with Gasteiger partial charge >= 0.3 is 0 Å². The Morgan fingerprint density at radius 1 is 1.24 bits per heavy atom. The summed E-state index contributed by atoms with van der Waals surface area (Å²) in [6.07, 6.45) is 8.10. The van der Waals surface area contributed by atoms with Crippen LogP contribution in [-0.4, -0.2) is 27.3 Å². The molecule has 0 spiro atoms. The van der Waals surface area contributed by atoms with Gasteiger partial charge in [0.15, 0.2) is 5.16 Å². The van der Waals surface area contributed by atoms with Crippen LogP contribution in [0.1, 0.15) is 52.9 Å². The van der Waals surface area contributed by atoms with Gasteiger partial charge in [0.05, 0.1) is 16.2 Å². The van der Waals surface area contributed by atoms with Crippen molar-refractivity contribution < 1.29 is 4.79 Å². The number of nitrogens with zero attached hydrogens (tertiary/aromatic N) is 2. The lowest BCUT2D eigenvalue weighted by Crippen LogP contribution is -2.33. The molecular weight excluding hydrogens is 382 g/mol. The maximum Gasteiger partial charge on any atom is 0.262 e. The highest BCUT2D eigenvalue weighted by molar-refractivity contribution is 8.00. The van der Waals surface area contributed by atoms with Crippen LogP contribution in [0.25, 0.3) is 10.9 Å². The van der Waals surface area contributed by atoms with Crippen molar-refractivity contribution in [3.8, 4) is 0 Å². The molecule has 0 unspecified atom stereocenters. The van der Waals surface area contributed by atoms with E-state index in [0.29, 0.717) is 35.1 Å². The predicted octanol–water partition coefficient (Wildman–Crippen LogP) is 4.54. The second kappa shape index (κ2) is 10.1. The summed E-state index contributed by atoms with van der Waals surface area (Å²) >= 11 is 1.36. The Hall–Kier alpha value is -2.08. The lowest BCUT2D eigenvalue weighted by molar-refractivity contribution is -0.120. The first-order valence-corrected chi connectivity index (χ1v) is 11.5. The van der Waals surface area contributed by atoms with Crippen LogP contribution in [-0.2, 0) is 11.3 Å². The van der Waals surface area contributed by atoms with Crippen LogP contribution >= 0.6 is 11.8 Å². The minimum atomic E-state index is -0.318. The molecule has 5 nitrogen and oxygen atoms in total. The molecule has 1 amide bonds. The molecule has 1 aromatic heterocycles. The lowest BCUT2D eigenvalue weighted by atomic mass is 9.97. The zero-order valence-corrected chi connectivity index (χ0v) is 18.4. The Bertz CT molecular complexity index is 949. The van der Waals surface area contributed by atoms with Gasteiger partial charge in [0, 0.05) is 13.1 Å². The van der Waals surface area contributed by atoms with Gasteiger partial charge in [-0.05, 0) is 57.1 Å². The Morgan fingerprint density at radius 3 is 2.76 bits per heavy atom. The summed E-state index contributed by atoms with van der Waals surface area (Å²) in [6, 6.07) is 7.40. The molecule has 2 aromatic rings. The number of hydrogen-bond acceptors (Lipinski definition) is 4. The molecule has 0 saturated carbocycles. The van der Waals surface area contributed by atoms with E-state index >= 15 is 0 Å². The summed E-state index contributed by atoms with van der Waals surface area (Å²) in [5, 5.41) is 3.96. The van der Waals surface area contributed by atoms with Gasteiger partial charge in [0.1, 0.15) is 0 Å². The van der Waals surface area contributed by atoms with Crippen LogP contribution in [0.4, 0.5) is 0 Å². The molecule has 29 heavy (non-hydrogen) atoms. The SMILES string of the molecule is CC(C)Cn1c(S[C@H](C)C(=O)NCCC2=CCCCC2)nc2ccccc2c1=O. The van der Waals surface area contributed by atoms with Crippen LogP contribution in [0.5, 0.6) is 0 Å². The van der Waals surface area contributed by atoms with Crippen LogP contribution in [0.2, 0.25) is 0 Å². The fourth-order valence-corrected chi connectivity index (χ4v) is 4.54. The third-order valence-corrected chi connectivity index (χ3v) is 6.25. The van der Waals surface area contributed by atoms with E-state index in [4.69, 9.17) is 4.98 Å². The summed E-state index contributed by atoms with van der Waals surface area (Å²) in [4.78, 5) is 30.3. The Balaban J connectivity index is 1.71. The fraction of sp³-hybridized carbons (Fsp3) is 0.522. The van der Waals surface area contributed by atoms with Gasteiger partial charge < -0.3 is 5.32 Å². The molecule has 1 atom stereocenters. The number of para-hydroxylation sites is 1. The smallest absolute Gasteiger partial charge is 0.262 e. The number of thioether (sulfide) groups is 1. The largest absolute Gasteiger partial charge is 0.355 e. The van der Waals surface area contributed by atoms with Crippen molar-refractivity contribution in [2.24, 2.45) is 5.92 Å². The molecule has 1 aromatic carbocycles. The third-order valence-electron chi connectivity index (χ3n) is 5.16. The van der Waals surface area contributed by atoms with E-state index < -0.39 is 0 Å². The monoisotopic (exact) mass is 413 g/mol. The topological polar surface area (TPSA) is 64.0 Å². The molecular formula is C23H31N3O2S.